The zero-order valence-corrected chi connectivity index (χ0v) is 10.8. The predicted octanol–water partition coefficient (Wildman–Crippen LogP) is 0.888. The smallest absolute Gasteiger partial charge is 0.329 e. The van der Waals surface area contributed by atoms with Crippen LogP contribution in [0.5, 0.6) is 0 Å². The van der Waals surface area contributed by atoms with E-state index in [1.165, 1.54) is 0 Å². The number of rotatable bonds is 4. The van der Waals surface area contributed by atoms with Crippen LogP contribution in [0.1, 0.15) is 46.5 Å². The first kappa shape index (κ1) is 14.0. The molecule has 0 aromatic carbocycles. The zero-order chi connectivity index (χ0) is 13.1. The average molecular weight is 242 g/mol. The minimum Gasteiger partial charge on any atom is -0.480 e. The van der Waals surface area contributed by atoms with Crippen LogP contribution in [0.4, 0.5) is 0 Å². The Kier molecular flexibility index (Phi) is 4.14. The van der Waals surface area contributed by atoms with Crippen LogP contribution < -0.4 is 10.6 Å². The molecule has 0 spiro atoms. The molecule has 0 aliphatic carbocycles. The Labute approximate surface area is 102 Å². The van der Waals surface area contributed by atoms with E-state index >= 15 is 0 Å². The topological polar surface area (TPSA) is 78.4 Å². The normalized spacial score (nSPS) is 28.2. The lowest BCUT2D eigenvalue weighted by Gasteiger charge is -2.36. The molecule has 1 aliphatic heterocycles. The lowest BCUT2D eigenvalue weighted by Crippen LogP contribution is -2.63. The first-order valence-electron chi connectivity index (χ1n) is 6.15. The van der Waals surface area contributed by atoms with Gasteiger partial charge in [0, 0.05) is 0 Å². The van der Waals surface area contributed by atoms with Gasteiger partial charge in [0.1, 0.15) is 5.54 Å². The summed E-state index contributed by atoms with van der Waals surface area (Å²) < 4.78 is 0. The van der Waals surface area contributed by atoms with Gasteiger partial charge in [0.2, 0.25) is 5.91 Å². The summed E-state index contributed by atoms with van der Waals surface area (Å²) in [6.45, 7) is 5.93. The molecule has 0 radical (unpaired) electrons. The Balaban J connectivity index is 2.73. The molecule has 0 aromatic heterocycles. The fourth-order valence-corrected chi connectivity index (χ4v) is 1.93. The molecule has 0 aromatic rings. The number of carbonyl (C=O) groups is 2. The van der Waals surface area contributed by atoms with Gasteiger partial charge in [-0.15, -0.1) is 0 Å². The van der Waals surface area contributed by atoms with Gasteiger partial charge in [-0.1, -0.05) is 6.92 Å². The number of hydrogen-bond donors (Lipinski definition) is 3. The van der Waals surface area contributed by atoms with Crippen LogP contribution >= 0.6 is 0 Å². The maximum absolute atomic E-state index is 12.2. The molecular weight excluding hydrogens is 220 g/mol. The lowest BCUT2D eigenvalue weighted by atomic mass is 9.88. The molecule has 1 saturated heterocycles. The van der Waals surface area contributed by atoms with Gasteiger partial charge < -0.3 is 15.7 Å². The molecule has 17 heavy (non-hydrogen) atoms. The van der Waals surface area contributed by atoms with Gasteiger partial charge in [0.15, 0.2) is 0 Å². The van der Waals surface area contributed by atoms with E-state index in [1.807, 2.05) is 6.92 Å². The SMILES string of the molecule is CCC(C)(NC(=O)C1(C)CCCCN1)C(=O)O. The molecule has 98 valence electrons. The largest absolute Gasteiger partial charge is 0.480 e. The first-order valence-corrected chi connectivity index (χ1v) is 6.15. The van der Waals surface area contributed by atoms with Crippen molar-refractivity contribution in [2.75, 3.05) is 6.54 Å². The van der Waals surface area contributed by atoms with Crippen LogP contribution in [-0.2, 0) is 9.59 Å². The summed E-state index contributed by atoms with van der Waals surface area (Å²) in [7, 11) is 0. The maximum Gasteiger partial charge on any atom is 0.329 e. The number of amides is 1. The molecule has 0 saturated carbocycles. The van der Waals surface area contributed by atoms with Crippen molar-refractivity contribution in [2.24, 2.45) is 0 Å². The van der Waals surface area contributed by atoms with Gasteiger partial charge in [0.25, 0.3) is 0 Å². The Morgan fingerprint density at radius 1 is 1.47 bits per heavy atom. The Morgan fingerprint density at radius 2 is 2.12 bits per heavy atom. The van der Waals surface area contributed by atoms with E-state index in [0.717, 1.165) is 25.8 Å². The van der Waals surface area contributed by atoms with Crippen LogP contribution in [0, 0.1) is 0 Å². The molecule has 1 fully saturated rings. The van der Waals surface area contributed by atoms with Crippen LogP contribution in [0.2, 0.25) is 0 Å². The monoisotopic (exact) mass is 242 g/mol. The highest BCUT2D eigenvalue weighted by atomic mass is 16.4. The van der Waals surface area contributed by atoms with E-state index in [9.17, 15) is 9.59 Å². The van der Waals surface area contributed by atoms with Crippen molar-refractivity contribution in [1.82, 2.24) is 10.6 Å². The fraction of sp³-hybridized carbons (Fsp3) is 0.833. The Hall–Kier alpha value is -1.10. The third-order valence-electron chi connectivity index (χ3n) is 3.69. The number of nitrogens with one attached hydrogen (secondary N) is 2. The van der Waals surface area contributed by atoms with E-state index in [-0.39, 0.29) is 5.91 Å². The van der Waals surface area contributed by atoms with Crippen LogP contribution in [-0.4, -0.2) is 34.6 Å². The maximum atomic E-state index is 12.2. The average Bonchev–Trinajstić information content (AvgIpc) is 2.29. The molecule has 2 atom stereocenters. The highest BCUT2D eigenvalue weighted by Crippen LogP contribution is 2.20. The minimum absolute atomic E-state index is 0.219. The third-order valence-corrected chi connectivity index (χ3v) is 3.69. The first-order chi connectivity index (χ1) is 7.84. The minimum atomic E-state index is -1.18. The zero-order valence-electron chi connectivity index (χ0n) is 10.8. The van der Waals surface area contributed by atoms with E-state index in [1.54, 1.807) is 13.8 Å². The standard InChI is InChI=1S/C12H22N2O3/c1-4-11(2,10(16)17)14-9(15)12(3)7-5-6-8-13-12/h13H,4-8H2,1-3H3,(H,14,15)(H,16,17). The summed E-state index contributed by atoms with van der Waals surface area (Å²) in [5.74, 6) is -1.21. The van der Waals surface area contributed by atoms with Crippen LogP contribution in [0.15, 0.2) is 0 Å². The van der Waals surface area contributed by atoms with Crippen molar-refractivity contribution in [3.05, 3.63) is 0 Å². The van der Waals surface area contributed by atoms with Crippen LogP contribution in [0.25, 0.3) is 0 Å². The molecule has 1 heterocycles. The predicted molar refractivity (Wildman–Crippen MR) is 64.7 cm³/mol. The number of carboxylic acid groups (broad SMARTS) is 1. The summed E-state index contributed by atoms with van der Waals surface area (Å²) in [5.41, 5.74) is -1.82. The van der Waals surface area contributed by atoms with Gasteiger partial charge >= 0.3 is 5.97 Å². The fourth-order valence-electron chi connectivity index (χ4n) is 1.93. The number of hydrogen-bond acceptors (Lipinski definition) is 3. The van der Waals surface area contributed by atoms with E-state index in [4.69, 9.17) is 5.11 Å². The summed E-state index contributed by atoms with van der Waals surface area (Å²) in [6, 6.07) is 0. The van der Waals surface area contributed by atoms with Crippen LogP contribution in [0.3, 0.4) is 0 Å². The molecule has 2 unspecified atom stereocenters. The third kappa shape index (κ3) is 2.97. The van der Waals surface area contributed by atoms with E-state index in [0.29, 0.717) is 6.42 Å². The molecule has 3 N–H and O–H groups in total. The van der Waals surface area contributed by atoms with Crippen molar-refractivity contribution in [2.45, 2.75) is 57.5 Å². The van der Waals surface area contributed by atoms with E-state index in [2.05, 4.69) is 10.6 Å². The van der Waals surface area contributed by atoms with Crippen molar-refractivity contribution in [1.29, 1.82) is 0 Å². The second-order valence-corrected chi connectivity index (χ2v) is 5.16. The van der Waals surface area contributed by atoms with Gasteiger partial charge in [0.05, 0.1) is 5.54 Å². The number of piperidine rings is 1. The highest BCUT2D eigenvalue weighted by Gasteiger charge is 2.40. The van der Waals surface area contributed by atoms with Crippen molar-refractivity contribution in [3.8, 4) is 0 Å². The lowest BCUT2D eigenvalue weighted by molar-refractivity contribution is -0.148. The summed E-state index contributed by atoms with van der Waals surface area (Å²) in [6.07, 6.45) is 3.17. The van der Waals surface area contributed by atoms with Gasteiger partial charge in [-0.3, -0.25) is 4.79 Å². The van der Waals surface area contributed by atoms with Gasteiger partial charge in [-0.2, -0.15) is 0 Å². The number of carboxylic acids is 1. The second kappa shape index (κ2) is 5.04. The second-order valence-electron chi connectivity index (χ2n) is 5.16. The Bertz CT molecular complexity index is 311. The molecular formula is C12H22N2O3. The van der Waals surface area contributed by atoms with Crippen molar-refractivity contribution < 1.29 is 14.7 Å². The molecule has 1 rings (SSSR count). The van der Waals surface area contributed by atoms with Crippen molar-refractivity contribution >= 4 is 11.9 Å². The summed E-state index contributed by atoms with van der Waals surface area (Å²) in [5, 5.41) is 15.0. The van der Waals surface area contributed by atoms with Gasteiger partial charge in [-0.05, 0) is 46.1 Å². The quantitative estimate of drug-likeness (QED) is 0.684. The van der Waals surface area contributed by atoms with E-state index < -0.39 is 17.0 Å². The molecule has 5 heteroatoms. The number of carbonyl (C=O) groups excluding carboxylic acids is 1. The van der Waals surface area contributed by atoms with Gasteiger partial charge in [-0.25, -0.2) is 4.79 Å². The molecule has 1 amide bonds. The molecule has 0 bridgehead atoms. The number of aliphatic carboxylic acids is 1. The highest BCUT2D eigenvalue weighted by molar-refractivity contribution is 5.91. The molecule has 5 nitrogen and oxygen atoms in total. The summed E-state index contributed by atoms with van der Waals surface area (Å²) >= 11 is 0. The molecule has 1 aliphatic rings. The summed E-state index contributed by atoms with van der Waals surface area (Å²) in [4.78, 5) is 23.3. The van der Waals surface area contributed by atoms with Crippen molar-refractivity contribution in [3.63, 3.8) is 0 Å². The Morgan fingerprint density at radius 3 is 2.53 bits per heavy atom.